The monoisotopic (exact) mass is 217 g/mol. The smallest absolute Gasteiger partial charge is 0.322 e. The minimum absolute atomic E-state index is 0.176. The fraction of sp³-hybridized carbons (Fsp3) is 0.800. The molecule has 0 radical (unpaired) electrons. The summed E-state index contributed by atoms with van der Waals surface area (Å²) in [5, 5.41) is 11.4. The van der Waals surface area contributed by atoms with Crippen molar-refractivity contribution in [3.63, 3.8) is 0 Å². The number of aliphatic carboxylic acids is 1. The first-order valence-corrected chi connectivity index (χ1v) is 5.19. The second kappa shape index (κ2) is 8.23. The Morgan fingerprint density at radius 1 is 1.40 bits per heavy atom. The Hall–Kier alpha value is -1.10. The number of esters is 1. The molecule has 0 fully saturated rings. The lowest BCUT2D eigenvalue weighted by Gasteiger charge is -2.11. The van der Waals surface area contributed by atoms with Gasteiger partial charge >= 0.3 is 11.9 Å². The van der Waals surface area contributed by atoms with Crippen LogP contribution in [0.3, 0.4) is 0 Å². The van der Waals surface area contributed by atoms with Crippen LogP contribution in [0.25, 0.3) is 0 Å². The number of carboxylic acids is 1. The van der Waals surface area contributed by atoms with Crippen molar-refractivity contribution in [1.82, 2.24) is 5.32 Å². The van der Waals surface area contributed by atoms with Gasteiger partial charge in [-0.05, 0) is 33.2 Å². The molecule has 0 rings (SSSR count). The first kappa shape index (κ1) is 13.9. The molecule has 0 aromatic heterocycles. The third-order valence-electron chi connectivity index (χ3n) is 1.91. The molecular weight excluding hydrogens is 198 g/mol. The van der Waals surface area contributed by atoms with E-state index in [1.54, 1.807) is 13.8 Å². The summed E-state index contributed by atoms with van der Waals surface area (Å²) in [7, 11) is 0. The van der Waals surface area contributed by atoms with Crippen LogP contribution in [0, 0.1) is 0 Å². The van der Waals surface area contributed by atoms with E-state index in [1.165, 1.54) is 0 Å². The fourth-order valence-electron chi connectivity index (χ4n) is 1.07. The van der Waals surface area contributed by atoms with Crippen molar-refractivity contribution in [1.29, 1.82) is 0 Å². The summed E-state index contributed by atoms with van der Waals surface area (Å²) in [5.74, 6) is -1.05. The molecule has 5 heteroatoms. The highest BCUT2D eigenvalue weighted by molar-refractivity contribution is 5.75. The highest BCUT2D eigenvalue weighted by Gasteiger charge is 2.11. The summed E-state index contributed by atoms with van der Waals surface area (Å²) in [6, 6.07) is -0.324. The van der Waals surface area contributed by atoms with Crippen LogP contribution >= 0.6 is 0 Å². The zero-order valence-corrected chi connectivity index (χ0v) is 9.28. The van der Waals surface area contributed by atoms with E-state index >= 15 is 0 Å². The molecule has 0 aromatic carbocycles. The van der Waals surface area contributed by atoms with Crippen LogP contribution < -0.4 is 5.32 Å². The number of carboxylic acid groups (broad SMARTS) is 1. The van der Waals surface area contributed by atoms with Gasteiger partial charge in [0, 0.05) is 6.42 Å². The third kappa shape index (κ3) is 7.93. The predicted octanol–water partition coefficient (Wildman–Crippen LogP) is 0.782. The molecule has 2 N–H and O–H groups in total. The molecular formula is C10H19NO4. The van der Waals surface area contributed by atoms with Gasteiger partial charge < -0.3 is 15.2 Å². The van der Waals surface area contributed by atoms with Crippen LogP contribution in [-0.4, -0.2) is 36.2 Å². The Kier molecular flexibility index (Phi) is 7.62. The summed E-state index contributed by atoms with van der Waals surface area (Å²) in [6.45, 7) is 4.50. The first-order valence-electron chi connectivity index (χ1n) is 5.19. The Labute approximate surface area is 89.8 Å². The number of carbonyl (C=O) groups excluding carboxylic acids is 1. The number of ether oxygens (including phenoxy) is 1. The van der Waals surface area contributed by atoms with Crippen molar-refractivity contribution in [3.8, 4) is 0 Å². The van der Waals surface area contributed by atoms with E-state index in [4.69, 9.17) is 9.84 Å². The quantitative estimate of drug-likeness (QED) is 0.464. The van der Waals surface area contributed by atoms with Gasteiger partial charge in [0.15, 0.2) is 0 Å². The predicted molar refractivity (Wildman–Crippen MR) is 55.6 cm³/mol. The number of carbonyl (C=O) groups is 2. The Balaban J connectivity index is 3.42. The van der Waals surface area contributed by atoms with Crippen molar-refractivity contribution in [2.75, 3.05) is 13.2 Å². The maximum absolute atomic E-state index is 11.1. The molecule has 0 unspecified atom stereocenters. The van der Waals surface area contributed by atoms with Crippen LogP contribution in [0.4, 0.5) is 0 Å². The van der Waals surface area contributed by atoms with Crippen LogP contribution in [0.5, 0.6) is 0 Å². The molecule has 0 heterocycles. The number of rotatable bonds is 8. The van der Waals surface area contributed by atoms with Crippen molar-refractivity contribution in [2.24, 2.45) is 0 Å². The van der Waals surface area contributed by atoms with Gasteiger partial charge in [-0.15, -0.1) is 0 Å². The average molecular weight is 217 g/mol. The third-order valence-corrected chi connectivity index (χ3v) is 1.91. The van der Waals surface area contributed by atoms with Gasteiger partial charge in [-0.3, -0.25) is 9.59 Å². The molecule has 0 aliphatic rings. The number of hydrogen-bond donors (Lipinski definition) is 2. The Morgan fingerprint density at radius 2 is 2.07 bits per heavy atom. The molecule has 0 aliphatic heterocycles. The van der Waals surface area contributed by atoms with Gasteiger partial charge in [0.1, 0.15) is 6.04 Å². The van der Waals surface area contributed by atoms with E-state index in [-0.39, 0.29) is 18.4 Å². The summed E-state index contributed by atoms with van der Waals surface area (Å²) >= 11 is 0. The van der Waals surface area contributed by atoms with Gasteiger partial charge in [0.05, 0.1) is 6.61 Å². The largest absolute Gasteiger partial charge is 0.481 e. The minimum atomic E-state index is -0.784. The lowest BCUT2D eigenvalue weighted by molar-refractivity contribution is -0.145. The maximum Gasteiger partial charge on any atom is 0.322 e. The molecule has 0 bridgehead atoms. The number of hydrogen-bond acceptors (Lipinski definition) is 4. The van der Waals surface area contributed by atoms with Gasteiger partial charge in [0.25, 0.3) is 0 Å². The van der Waals surface area contributed by atoms with E-state index in [0.717, 1.165) is 6.42 Å². The lowest BCUT2D eigenvalue weighted by Crippen LogP contribution is -2.35. The highest BCUT2D eigenvalue weighted by atomic mass is 16.5. The van der Waals surface area contributed by atoms with E-state index in [1.807, 2.05) is 0 Å². The molecule has 0 saturated heterocycles. The van der Waals surface area contributed by atoms with Crippen LogP contribution in [0.2, 0.25) is 0 Å². The summed E-state index contributed by atoms with van der Waals surface area (Å²) < 4.78 is 4.80. The van der Waals surface area contributed by atoms with E-state index in [2.05, 4.69) is 5.32 Å². The molecule has 5 nitrogen and oxygen atoms in total. The van der Waals surface area contributed by atoms with Gasteiger partial charge in [-0.1, -0.05) is 0 Å². The van der Waals surface area contributed by atoms with Gasteiger partial charge in [0.2, 0.25) is 0 Å². The molecule has 0 aromatic rings. The highest BCUT2D eigenvalue weighted by Crippen LogP contribution is 1.95. The van der Waals surface area contributed by atoms with Crippen LogP contribution in [-0.2, 0) is 14.3 Å². The van der Waals surface area contributed by atoms with Crippen molar-refractivity contribution in [3.05, 3.63) is 0 Å². The van der Waals surface area contributed by atoms with Crippen molar-refractivity contribution < 1.29 is 19.4 Å². The molecule has 15 heavy (non-hydrogen) atoms. The van der Waals surface area contributed by atoms with Crippen molar-refractivity contribution >= 4 is 11.9 Å². The van der Waals surface area contributed by atoms with Crippen LogP contribution in [0.15, 0.2) is 0 Å². The second-order valence-corrected chi connectivity index (χ2v) is 3.28. The molecule has 0 amide bonds. The lowest BCUT2D eigenvalue weighted by atomic mass is 10.2. The van der Waals surface area contributed by atoms with Gasteiger partial charge in [-0.2, -0.15) is 0 Å². The number of nitrogens with one attached hydrogen (secondary N) is 1. The Morgan fingerprint density at radius 3 is 2.60 bits per heavy atom. The molecule has 0 saturated carbocycles. The summed E-state index contributed by atoms with van der Waals surface area (Å²) in [6.07, 6.45) is 1.55. The summed E-state index contributed by atoms with van der Waals surface area (Å²) in [5.41, 5.74) is 0. The SMILES string of the molecule is CCOC(=O)[C@H](C)NCCCCC(=O)O. The van der Waals surface area contributed by atoms with E-state index in [0.29, 0.717) is 19.6 Å². The minimum Gasteiger partial charge on any atom is -0.481 e. The summed E-state index contributed by atoms with van der Waals surface area (Å²) in [4.78, 5) is 21.3. The zero-order chi connectivity index (χ0) is 11.7. The first-order chi connectivity index (χ1) is 7.07. The average Bonchev–Trinajstić information content (AvgIpc) is 2.16. The molecule has 88 valence electrons. The fourth-order valence-corrected chi connectivity index (χ4v) is 1.07. The molecule has 1 atom stereocenters. The normalized spacial score (nSPS) is 12.1. The van der Waals surface area contributed by atoms with E-state index in [9.17, 15) is 9.59 Å². The van der Waals surface area contributed by atoms with Crippen LogP contribution in [0.1, 0.15) is 33.1 Å². The molecule has 0 aliphatic carbocycles. The zero-order valence-electron chi connectivity index (χ0n) is 9.28. The van der Waals surface area contributed by atoms with Gasteiger partial charge in [-0.25, -0.2) is 0 Å². The topological polar surface area (TPSA) is 75.6 Å². The molecule has 0 spiro atoms. The Bertz CT molecular complexity index is 206. The maximum atomic E-state index is 11.1. The number of unbranched alkanes of at least 4 members (excludes halogenated alkanes) is 1. The second-order valence-electron chi connectivity index (χ2n) is 3.28. The van der Waals surface area contributed by atoms with Crippen molar-refractivity contribution in [2.45, 2.75) is 39.2 Å². The van der Waals surface area contributed by atoms with E-state index < -0.39 is 5.97 Å². The standard InChI is InChI=1S/C10H19NO4/c1-3-15-10(14)8(2)11-7-5-4-6-9(12)13/h8,11H,3-7H2,1-2H3,(H,12,13)/t8-/m0/s1.